The minimum absolute atomic E-state index is 0.257. The lowest BCUT2D eigenvalue weighted by molar-refractivity contribution is -0.137. The Balaban J connectivity index is 1.97. The first-order valence-corrected chi connectivity index (χ1v) is 7.55. The molecule has 4 rings (SSSR count). The predicted molar refractivity (Wildman–Crippen MR) is 86.4 cm³/mol. The number of hydrogen-bond donors (Lipinski definition) is 0. The molecule has 3 aromatic rings. The van der Waals surface area contributed by atoms with Crippen LogP contribution in [0.3, 0.4) is 0 Å². The number of hydrogen-bond acceptors (Lipinski definition) is 5. The van der Waals surface area contributed by atoms with Crippen molar-refractivity contribution in [2.75, 3.05) is 0 Å². The summed E-state index contributed by atoms with van der Waals surface area (Å²) in [7, 11) is 0. The van der Waals surface area contributed by atoms with E-state index >= 15 is 0 Å². The van der Waals surface area contributed by atoms with Gasteiger partial charge < -0.3 is 4.74 Å². The van der Waals surface area contributed by atoms with Gasteiger partial charge in [0.05, 0.1) is 23.6 Å². The van der Waals surface area contributed by atoms with E-state index in [0.717, 1.165) is 21.9 Å². The van der Waals surface area contributed by atoms with Crippen LogP contribution < -0.4 is 4.74 Å². The molecule has 118 valence electrons. The van der Waals surface area contributed by atoms with Gasteiger partial charge in [0.25, 0.3) is 0 Å². The molecule has 1 aliphatic rings. The zero-order chi connectivity index (χ0) is 16.9. The number of benzene rings is 2. The summed E-state index contributed by atoms with van der Waals surface area (Å²) in [5, 5.41) is 15.4. The van der Waals surface area contributed by atoms with Crippen LogP contribution in [0.25, 0.3) is 10.8 Å². The summed E-state index contributed by atoms with van der Waals surface area (Å²) in [5.41, 5.74) is 1.57. The first-order valence-electron chi connectivity index (χ1n) is 7.55. The van der Waals surface area contributed by atoms with Gasteiger partial charge in [-0.25, -0.2) is 9.67 Å². The molecule has 0 saturated carbocycles. The van der Waals surface area contributed by atoms with Crippen molar-refractivity contribution in [1.82, 2.24) is 14.8 Å². The van der Waals surface area contributed by atoms with Crippen LogP contribution in [0.15, 0.2) is 36.9 Å². The molecule has 1 aromatic heterocycles. The van der Waals surface area contributed by atoms with Gasteiger partial charge in [-0.2, -0.15) is 10.4 Å². The number of rotatable bonds is 2. The second kappa shape index (κ2) is 4.90. The quantitative estimate of drug-likeness (QED) is 0.536. The fraction of sp³-hybridized carbons (Fsp3) is 0.222. The molecule has 0 spiro atoms. The first kappa shape index (κ1) is 14.4. The van der Waals surface area contributed by atoms with E-state index in [2.05, 4.69) is 16.2 Å². The molecule has 1 aliphatic heterocycles. The molecular formula is C18H14N4O2. The minimum Gasteiger partial charge on any atom is -0.426 e. The highest BCUT2D eigenvalue weighted by atomic mass is 16.5. The lowest BCUT2D eigenvalue weighted by Gasteiger charge is -2.16. The second-order valence-electron chi connectivity index (χ2n) is 6.39. The Kier molecular flexibility index (Phi) is 2.94. The van der Waals surface area contributed by atoms with E-state index in [0.29, 0.717) is 17.9 Å². The highest BCUT2D eigenvalue weighted by Gasteiger charge is 2.42. The van der Waals surface area contributed by atoms with Crippen molar-refractivity contribution in [3.63, 3.8) is 0 Å². The Morgan fingerprint density at radius 3 is 2.88 bits per heavy atom. The maximum absolute atomic E-state index is 12.2. The zero-order valence-corrected chi connectivity index (χ0v) is 13.3. The van der Waals surface area contributed by atoms with Gasteiger partial charge in [-0.15, -0.1) is 0 Å². The third kappa shape index (κ3) is 1.98. The van der Waals surface area contributed by atoms with Gasteiger partial charge in [0.2, 0.25) is 0 Å². The minimum atomic E-state index is -0.715. The van der Waals surface area contributed by atoms with Crippen LogP contribution in [0.2, 0.25) is 0 Å². The molecule has 2 aromatic carbocycles. The first-order chi connectivity index (χ1) is 11.5. The van der Waals surface area contributed by atoms with Crippen LogP contribution in [0, 0.1) is 11.3 Å². The van der Waals surface area contributed by atoms with E-state index in [1.165, 1.54) is 6.33 Å². The monoisotopic (exact) mass is 318 g/mol. The number of fused-ring (bicyclic) bond motifs is 3. The lowest BCUT2D eigenvalue weighted by atomic mass is 9.82. The van der Waals surface area contributed by atoms with E-state index in [1.54, 1.807) is 17.1 Å². The van der Waals surface area contributed by atoms with Gasteiger partial charge in [-0.3, -0.25) is 4.79 Å². The van der Waals surface area contributed by atoms with Crippen LogP contribution in [0.1, 0.15) is 30.5 Å². The van der Waals surface area contributed by atoms with Crippen molar-refractivity contribution in [2.45, 2.75) is 25.8 Å². The van der Waals surface area contributed by atoms with Crippen molar-refractivity contribution in [2.24, 2.45) is 0 Å². The van der Waals surface area contributed by atoms with E-state index in [9.17, 15) is 10.1 Å². The van der Waals surface area contributed by atoms with Gasteiger partial charge in [0, 0.05) is 5.56 Å². The maximum Gasteiger partial charge on any atom is 0.321 e. The molecule has 24 heavy (non-hydrogen) atoms. The highest BCUT2D eigenvalue weighted by Crippen LogP contribution is 2.44. The molecule has 0 unspecified atom stereocenters. The third-order valence-electron chi connectivity index (χ3n) is 4.46. The average molecular weight is 318 g/mol. The summed E-state index contributed by atoms with van der Waals surface area (Å²) in [4.78, 5) is 16.1. The third-order valence-corrected chi connectivity index (χ3v) is 4.46. The maximum atomic E-state index is 12.2. The number of esters is 1. The standard InChI is InChI=1S/C18H14N4O2/c1-18(2)16-14-6-13(8-22-10-20-9-21-22)12(7-19)5-11(14)3-4-15(16)24-17(18)23/h3-6,9-10H,8H2,1-2H3. The van der Waals surface area contributed by atoms with Crippen LogP contribution in [-0.2, 0) is 16.8 Å². The molecule has 0 amide bonds. The molecule has 0 saturated heterocycles. The smallest absolute Gasteiger partial charge is 0.321 e. The molecule has 0 atom stereocenters. The fourth-order valence-electron chi connectivity index (χ4n) is 3.18. The topological polar surface area (TPSA) is 80.8 Å². The summed E-state index contributed by atoms with van der Waals surface area (Å²) in [6.45, 7) is 4.16. The van der Waals surface area contributed by atoms with Gasteiger partial charge >= 0.3 is 5.97 Å². The average Bonchev–Trinajstić information content (AvgIpc) is 3.14. The number of ether oxygens (including phenoxy) is 1. The Morgan fingerprint density at radius 2 is 2.17 bits per heavy atom. The summed E-state index contributed by atoms with van der Waals surface area (Å²) in [5.74, 6) is 0.334. The Hall–Kier alpha value is -3.20. The number of aromatic nitrogens is 3. The van der Waals surface area contributed by atoms with Crippen molar-refractivity contribution < 1.29 is 9.53 Å². The largest absolute Gasteiger partial charge is 0.426 e. The molecular weight excluding hydrogens is 304 g/mol. The van der Waals surface area contributed by atoms with Crippen LogP contribution in [0.4, 0.5) is 0 Å². The molecule has 0 fully saturated rings. The molecule has 0 bridgehead atoms. The summed E-state index contributed by atoms with van der Waals surface area (Å²) < 4.78 is 7.07. The number of carbonyl (C=O) groups is 1. The molecule has 0 N–H and O–H groups in total. The second-order valence-corrected chi connectivity index (χ2v) is 6.39. The van der Waals surface area contributed by atoms with E-state index in [4.69, 9.17) is 4.74 Å². The lowest BCUT2D eigenvalue weighted by Crippen LogP contribution is -2.26. The molecule has 6 nitrogen and oxygen atoms in total. The molecule has 2 heterocycles. The molecule has 6 heteroatoms. The van der Waals surface area contributed by atoms with Crippen LogP contribution in [-0.4, -0.2) is 20.7 Å². The van der Waals surface area contributed by atoms with Crippen molar-refractivity contribution in [3.05, 3.63) is 53.6 Å². The SMILES string of the molecule is CC1(C)C(=O)Oc2ccc3cc(C#N)c(Cn4cncn4)cc3c21. The molecule has 0 aliphatic carbocycles. The van der Waals surface area contributed by atoms with E-state index in [-0.39, 0.29) is 5.97 Å². The van der Waals surface area contributed by atoms with Crippen molar-refractivity contribution >= 4 is 16.7 Å². The number of carbonyl (C=O) groups excluding carboxylic acids is 1. The number of nitrogens with zero attached hydrogens (tertiary/aromatic N) is 4. The Morgan fingerprint density at radius 1 is 1.33 bits per heavy atom. The van der Waals surface area contributed by atoms with Gasteiger partial charge in [0.1, 0.15) is 18.4 Å². The van der Waals surface area contributed by atoms with Gasteiger partial charge in [-0.1, -0.05) is 6.07 Å². The molecule has 0 radical (unpaired) electrons. The highest BCUT2D eigenvalue weighted by molar-refractivity contribution is 6.00. The summed E-state index contributed by atoms with van der Waals surface area (Å²) in [6, 6.07) is 9.71. The predicted octanol–water partition coefficient (Wildman–Crippen LogP) is 2.55. The zero-order valence-electron chi connectivity index (χ0n) is 13.3. The van der Waals surface area contributed by atoms with Crippen LogP contribution in [0.5, 0.6) is 5.75 Å². The van der Waals surface area contributed by atoms with Gasteiger partial charge in [0.15, 0.2) is 0 Å². The normalized spacial score (nSPS) is 15.1. The van der Waals surface area contributed by atoms with Crippen molar-refractivity contribution in [3.8, 4) is 11.8 Å². The Labute approximate surface area is 138 Å². The van der Waals surface area contributed by atoms with E-state index < -0.39 is 5.41 Å². The summed E-state index contributed by atoms with van der Waals surface area (Å²) >= 11 is 0. The summed E-state index contributed by atoms with van der Waals surface area (Å²) in [6.07, 6.45) is 3.07. The van der Waals surface area contributed by atoms with Crippen LogP contribution >= 0.6 is 0 Å². The Bertz CT molecular complexity index is 1010. The van der Waals surface area contributed by atoms with Crippen molar-refractivity contribution in [1.29, 1.82) is 5.26 Å². The van der Waals surface area contributed by atoms with Gasteiger partial charge in [-0.05, 0) is 48.4 Å². The number of nitriles is 1. The fourth-order valence-corrected chi connectivity index (χ4v) is 3.18. The van der Waals surface area contributed by atoms with E-state index in [1.807, 2.05) is 32.0 Å².